The van der Waals surface area contributed by atoms with E-state index in [-0.39, 0.29) is 67.3 Å². The molecule has 0 aliphatic carbocycles. The number of halogens is 2. The van der Waals surface area contributed by atoms with Gasteiger partial charge in [-0.25, -0.2) is 8.78 Å². The average Bonchev–Trinajstić information content (AvgIpc) is 1.60. The molecule has 1 fully saturated rings. The van der Waals surface area contributed by atoms with E-state index in [9.17, 15) is 38.2 Å². The molecule has 9 rings (SSSR count). The topological polar surface area (TPSA) is 280 Å². The number of aliphatic carboxylic acids is 1. The second-order valence-electron chi connectivity index (χ2n) is 27.4. The zero-order chi connectivity index (χ0) is 74.4. The molecule has 20 nitrogen and oxygen atoms in total. The molecule has 1 aliphatic rings. The number of aromatic nitrogens is 2. The van der Waals surface area contributed by atoms with Crippen LogP contribution in [-0.2, 0) is 46.4 Å². The summed E-state index contributed by atoms with van der Waals surface area (Å²) in [6, 6.07) is 45.9. The highest BCUT2D eigenvalue weighted by molar-refractivity contribution is 6.13. The van der Waals surface area contributed by atoms with Crippen molar-refractivity contribution in [2.75, 3.05) is 63.4 Å². The summed E-state index contributed by atoms with van der Waals surface area (Å²) in [6.07, 6.45) is -2.11. The third kappa shape index (κ3) is 23.2. The number of carboxylic acids is 1. The zero-order valence-electron chi connectivity index (χ0n) is 60.4. The lowest BCUT2D eigenvalue weighted by Gasteiger charge is -2.41. The summed E-state index contributed by atoms with van der Waals surface area (Å²) in [6.45, 7) is 21.4. The first-order valence-corrected chi connectivity index (χ1v) is 35.2. The van der Waals surface area contributed by atoms with E-state index < -0.39 is 47.9 Å². The quantitative estimate of drug-likeness (QED) is 0.0146. The van der Waals surface area contributed by atoms with Gasteiger partial charge in [-0.15, -0.1) is 0 Å². The Labute approximate surface area is 602 Å². The van der Waals surface area contributed by atoms with Crippen molar-refractivity contribution in [3.63, 3.8) is 0 Å². The van der Waals surface area contributed by atoms with Crippen LogP contribution in [-0.4, -0.2) is 137 Å². The fraction of sp³-hybridized carbons (Fsp3) is 0.407. The van der Waals surface area contributed by atoms with Crippen molar-refractivity contribution in [1.82, 2.24) is 9.13 Å². The van der Waals surface area contributed by atoms with Gasteiger partial charge in [0, 0.05) is 66.5 Å². The lowest BCUT2D eigenvalue weighted by molar-refractivity contribution is -0.301. The number of carbonyl (C=O) groups is 4. The van der Waals surface area contributed by atoms with E-state index in [1.807, 2.05) is 114 Å². The van der Waals surface area contributed by atoms with Crippen molar-refractivity contribution in [2.45, 2.75) is 162 Å². The minimum absolute atomic E-state index is 0.0818. The number of hydrogen-bond acceptors (Lipinski definition) is 15. The van der Waals surface area contributed by atoms with Crippen LogP contribution in [0.1, 0.15) is 145 Å². The van der Waals surface area contributed by atoms with E-state index >= 15 is 0 Å². The number of hydrogen-bond donors (Lipinski definition) is 7. The van der Waals surface area contributed by atoms with Gasteiger partial charge < -0.3 is 79.7 Å². The van der Waals surface area contributed by atoms with Crippen molar-refractivity contribution in [3.8, 4) is 56.3 Å². The SMILES string of the molecule is CC(C)c1c(C(=O)Nc2ccc(OCCOCCN)cc2)c(-c2ccccc2)c(-c2ccc(F)cc2)n1CC[C@@H](O)C[C@@H](O)CC(=O)O.CC(C)c1c(C(=O)Nc2ccc(OCCOCCN)cc2)c(-c2ccccc2)c(-c2ccc(F)cc2)n1CC[C@@H]1C[C@H](CC(=O)OC(C)(C)C)OC(C)(C)O1. The Balaban J connectivity index is 0.000000264. The monoisotopic (exact) mass is 1420 g/mol. The van der Waals surface area contributed by atoms with Crippen LogP contribution in [0, 0.1) is 11.6 Å². The van der Waals surface area contributed by atoms with E-state index in [0.29, 0.717) is 129 Å². The summed E-state index contributed by atoms with van der Waals surface area (Å²) in [7, 11) is 0. The Morgan fingerprint density at radius 3 is 1.41 bits per heavy atom. The predicted molar refractivity (Wildman–Crippen MR) is 395 cm³/mol. The summed E-state index contributed by atoms with van der Waals surface area (Å²) in [5.41, 5.74) is 20.0. The molecule has 1 aliphatic heterocycles. The normalized spacial score (nSPS) is 14.9. The number of anilines is 2. The molecule has 8 aromatic rings. The molecule has 1 saturated heterocycles. The number of esters is 1. The van der Waals surface area contributed by atoms with Gasteiger partial charge in [0.2, 0.25) is 0 Å². The molecule has 2 amide bonds. The van der Waals surface area contributed by atoms with Gasteiger partial charge in [0.1, 0.15) is 41.9 Å². The fourth-order valence-corrected chi connectivity index (χ4v) is 12.8. The number of benzene rings is 6. The van der Waals surface area contributed by atoms with Crippen LogP contribution in [0.3, 0.4) is 0 Å². The third-order valence-electron chi connectivity index (χ3n) is 16.8. The molecule has 6 aromatic carbocycles. The van der Waals surface area contributed by atoms with Crippen LogP contribution < -0.4 is 31.6 Å². The van der Waals surface area contributed by atoms with Crippen LogP contribution in [0.25, 0.3) is 44.8 Å². The number of nitrogens with one attached hydrogen (secondary N) is 2. The second-order valence-corrected chi connectivity index (χ2v) is 27.4. The van der Waals surface area contributed by atoms with Crippen molar-refractivity contribution in [2.24, 2.45) is 11.5 Å². The van der Waals surface area contributed by atoms with Crippen LogP contribution in [0.4, 0.5) is 20.2 Å². The Bertz CT molecular complexity index is 4010. The molecule has 0 radical (unpaired) electrons. The molecule has 0 saturated carbocycles. The standard InChI is InChI=1S/C44H56FN3O7.C37H44FN3O7/c1-29(2)40-39(42(50)47-33-17-19-34(20-18-33)52-26-25-51-24-22-46)38(30-11-9-8-10-12-30)41(31-13-15-32(45)16-14-31)48(40)23-21-35-27-36(54-44(6,7)53-35)28-37(49)55-43(3,4)5;1-24(2)35-34(37(46)40-28-12-14-31(15-13-28)48-21-20-47-19-17-39)33(25-6-4-3-5-7-25)36(26-8-10-27(38)11-9-26)41(35)18-16-29(42)22-30(43)23-32(44)45/h8-20,29,35-36H,21-28,46H2,1-7H3,(H,47,50);3-15,24,29-30,42-43H,16-23,39H2,1-2H3,(H,40,46)(H,44,45)/t35-,36-;29-,30-/m11/s1. The average molecular weight is 1420 g/mol. The number of nitrogens with two attached hydrogens (primary N) is 2. The first kappa shape index (κ1) is 79.6. The Hall–Kier alpha value is -9.10. The molecule has 0 bridgehead atoms. The number of aliphatic hydroxyl groups excluding tert-OH is 2. The highest BCUT2D eigenvalue weighted by Crippen LogP contribution is 2.45. The first-order chi connectivity index (χ1) is 49.2. The Morgan fingerprint density at radius 1 is 0.573 bits per heavy atom. The van der Waals surface area contributed by atoms with Gasteiger partial charge >= 0.3 is 11.9 Å². The minimum Gasteiger partial charge on any atom is -0.491 e. The van der Waals surface area contributed by atoms with Crippen molar-refractivity contribution >= 4 is 35.1 Å². The summed E-state index contributed by atoms with van der Waals surface area (Å²) in [4.78, 5) is 52.9. The van der Waals surface area contributed by atoms with E-state index in [0.717, 1.165) is 33.6 Å². The van der Waals surface area contributed by atoms with Gasteiger partial charge in [-0.2, -0.15) is 0 Å². The Kier molecular flexibility index (Phi) is 29.3. The second kappa shape index (κ2) is 37.9. The largest absolute Gasteiger partial charge is 0.491 e. The molecule has 3 heterocycles. The molecule has 9 N–H and O–H groups in total. The Morgan fingerprint density at radius 2 is 1.00 bits per heavy atom. The predicted octanol–water partition coefficient (Wildman–Crippen LogP) is 14.4. The van der Waals surface area contributed by atoms with Crippen LogP contribution in [0.2, 0.25) is 0 Å². The number of rotatable bonds is 34. The molecular formula is C81H100F2N6O14. The maximum atomic E-state index is 14.7. The molecular weight excluding hydrogens is 1320 g/mol. The minimum atomic E-state index is -1.20. The van der Waals surface area contributed by atoms with Crippen molar-refractivity contribution in [3.05, 3.63) is 192 Å². The highest BCUT2D eigenvalue weighted by Gasteiger charge is 2.39. The number of carbonyl (C=O) groups excluding carboxylic acids is 3. The van der Waals surface area contributed by atoms with Crippen LogP contribution in [0.5, 0.6) is 11.5 Å². The summed E-state index contributed by atoms with van der Waals surface area (Å²) in [5, 5.41) is 36.2. The molecule has 552 valence electrons. The van der Waals surface area contributed by atoms with E-state index in [4.69, 9.17) is 49.7 Å². The molecule has 0 unspecified atom stereocenters. The van der Waals surface area contributed by atoms with E-state index in [1.165, 1.54) is 24.3 Å². The fourth-order valence-electron chi connectivity index (χ4n) is 12.8. The summed E-state index contributed by atoms with van der Waals surface area (Å²) < 4.78 is 73.1. The van der Waals surface area contributed by atoms with Crippen molar-refractivity contribution in [1.29, 1.82) is 0 Å². The van der Waals surface area contributed by atoms with Gasteiger partial charge in [0.25, 0.3) is 11.8 Å². The number of amides is 2. The van der Waals surface area contributed by atoms with E-state index in [2.05, 4.69) is 29.0 Å². The zero-order valence-corrected chi connectivity index (χ0v) is 60.4. The third-order valence-corrected chi connectivity index (χ3v) is 16.8. The highest BCUT2D eigenvalue weighted by atomic mass is 19.1. The number of carboxylic acid groups (broad SMARTS) is 1. The lowest BCUT2D eigenvalue weighted by atomic mass is 9.94. The number of aliphatic hydroxyl groups is 2. The molecule has 2 aromatic heterocycles. The maximum absolute atomic E-state index is 14.7. The van der Waals surface area contributed by atoms with Gasteiger partial charge in [-0.1, -0.05) is 88.4 Å². The van der Waals surface area contributed by atoms with Crippen LogP contribution in [0.15, 0.2) is 158 Å². The lowest BCUT2D eigenvalue weighted by Crippen LogP contribution is -2.46. The van der Waals surface area contributed by atoms with E-state index in [1.54, 1.807) is 72.8 Å². The van der Waals surface area contributed by atoms with Gasteiger partial charge in [-0.05, 0) is 185 Å². The van der Waals surface area contributed by atoms with Crippen LogP contribution >= 0.6 is 0 Å². The summed E-state index contributed by atoms with van der Waals surface area (Å²) in [5.74, 6) is -2.74. The van der Waals surface area contributed by atoms with Gasteiger partial charge in [0.05, 0.1) is 86.2 Å². The van der Waals surface area contributed by atoms with Crippen molar-refractivity contribution < 1.29 is 76.4 Å². The smallest absolute Gasteiger partial charge is 0.308 e. The maximum Gasteiger partial charge on any atom is 0.308 e. The molecule has 0 spiro atoms. The molecule has 4 atom stereocenters. The van der Waals surface area contributed by atoms with Gasteiger partial charge in [0.15, 0.2) is 5.79 Å². The molecule has 103 heavy (non-hydrogen) atoms. The van der Waals surface area contributed by atoms with Gasteiger partial charge in [-0.3, -0.25) is 19.2 Å². The summed E-state index contributed by atoms with van der Waals surface area (Å²) >= 11 is 0. The number of nitrogens with zero attached hydrogens (tertiary/aromatic N) is 2. The first-order valence-electron chi connectivity index (χ1n) is 35.2. The number of ether oxygens (including phenoxy) is 7. The molecule has 22 heteroatoms.